The van der Waals surface area contributed by atoms with E-state index in [9.17, 15) is 42.6 Å². The number of carbonyl (C=O) groups is 4. The molecule has 4 rings (SSSR count). The number of hydrogen-bond acceptors (Lipinski definition) is 4. The van der Waals surface area contributed by atoms with Gasteiger partial charge in [-0.3, -0.25) is 9.59 Å². The van der Waals surface area contributed by atoms with E-state index in [4.69, 9.17) is 0 Å². The summed E-state index contributed by atoms with van der Waals surface area (Å²) in [6.45, 7) is 2.12. The van der Waals surface area contributed by atoms with Crippen molar-refractivity contribution in [1.29, 1.82) is 0 Å². The molecule has 2 aliphatic carbocycles. The Hall–Kier alpha value is -3.63. The van der Waals surface area contributed by atoms with Crippen LogP contribution < -0.4 is 10.6 Å². The number of nitrogens with one attached hydrogen (secondary N) is 2. The highest BCUT2D eigenvalue weighted by atomic mass is 19.4. The van der Waals surface area contributed by atoms with Crippen molar-refractivity contribution >= 4 is 34.5 Å². The first kappa shape index (κ1) is 29.4. The Labute approximate surface area is 229 Å². The van der Waals surface area contributed by atoms with E-state index in [1.54, 1.807) is 0 Å². The SMILES string of the molecule is CCC1CCC(NC(=O)c2ccc(C(=O)O)c3c(C(=O)N[C@H]4CC[C@H](C(F)(F)F)CC4)ccc(C(=O)O)c23)CC1. The molecular formula is C29H33F3N2O6. The van der Waals surface area contributed by atoms with Crippen LogP contribution in [0.5, 0.6) is 0 Å². The number of amides is 2. The number of aromatic carboxylic acids is 2. The number of halogens is 3. The van der Waals surface area contributed by atoms with Gasteiger partial charge in [-0.1, -0.05) is 13.3 Å². The fraction of sp³-hybridized carbons (Fsp3) is 0.517. The van der Waals surface area contributed by atoms with Crippen molar-refractivity contribution in [2.24, 2.45) is 11.8 Å². The lowest BCUT2D eigenvalue weighted by molar-refractivity contribution is -0.182. The minimum atomic E-state index is -4.31. The monoisotopic (exact) mass is 562 g/mol. The van der Waals surface area contributed by atoms with Gasteiger partial charge in [0, 0.05) is 34.0 Å². The molecule has 8 nitrogen and oxygen atoms in total. The van der Waals surface area contributed by atoms with Crippen LogP contribution in [0.3, 0.4) is 0 Å². The molecule has 2 amide bonds. The van der Waals surface area contributed by atoms with Crippen LogP contribution in [-0.4, -0.2) is 52.2 Å². The number of benzene rings is 2. The van der Waals surface area contributed by atoms with E-state index in [-0.39, 0.29) is 64.8 Å². The molecule has 0 atom stereocenters. The average Bonchev–Trinajstić information content (AvgIpc) is 2.91. The summed E-state index contributed by atoms with van der Waals surface area (Å²) < 4.78 is 39.2. The molecule has 2 aliphatic rings. The van der Waals surface area contributed by atoms with E-state index >= 15 is 0 Å². The van der Waals surface area contributed by atoms with Crippen LogP contribution in [0.25, 0.3) is 10.8 Å². The molecule has 2 aromatic rings. The second kappa shape index (κ2) is 11.9. The Balaban J connectivity index is 1.69. The minimum Gasteiger partial charge on any atom is -0.478 e. The zero-order chi connectivity index (χ0) is 29.2. The molecule has 0 radical (unpaired) electrons. The maximum atomic E-state index is 13.4. The first-order chi connectivity index (χ1) is 18.9. The van der Waals surface area contributed by atoms with Crippen molar-refractivity contribution in [2.75, 3.05) is 0 Å². The summed E-state index contributed by atoms with van der Waals surface area (Å²) in [4.78, 5) is 51.1. The van der Waals surface area contributed by atoms with Crippen LogP contribution in [0, 0.1) is 11.8 Å². The normalized spacial score (nSPS) is 23.4. The van der Waals surface area contributed by atoms with E-state index in [1.165, 1.54) is 18.2 Å². The van der Waals surface area contributed by atoms with Gasteiger partial charge in [0.1, 0.15) is 0 Å². The van der Waals surface area contributed by atoms with Crippen LogP contribution in [0.15, 0.2) is 24.3 Å². The lowest BCUT2D eigenvalue weighted by atomic mass is 9.84. The average molecular weight is 563 g/mol. The van der Waals surface area contributed by atoms with Crippen molar-refractivity contribution in [3.63, 3.8) is 0 Å². The zero-order valence-corrected chi connectivity index (χ0v) is 22.1. The standard InChI is InChI=1S/C29H33F3N2O6/c1-2-15-3-7-17(8-4-15)33-25(35)19-11-13-22(28(39)40)24-20(12-14-21(23(19)24)27(37)38)26(36)34-18-9-5-16(6-10-18)29(30,31)32/h11-18H,2-10H2,1H3,(H,33,35)(H,34,36)(H,37,38)(H,39,40)/t15?,16-,17?,18-. The minimum absolute atomic E-state index is 0.0599. The molecule has 0 spiro atoms. The van der Waals surface area contributed by atoms with Gasteiger partial charge in [-0.05, 0) is 81.5 Å². The van der Waals surface area contributed by atoms with Crippen molar-refractivity contribution in [3.8, 4) is 0 Å². The molecule has 11 heteroatoms. The topological polar surface area (TPSA) is 133 Å². The summed E-state index contributed by atoms with van der Waals surface area (Å²) in [6, 6.07) is 4.09. The summed E-state index contributed by atoms with van der Waals surface area (Å²) in [5.74, 6) is -4.97. The van der Waals surface area contributed by atoms with Crippen LogP contribution in [0.1, 0.15) is 106 Å². The summed E-state index contributed by atoms with van der Waals surface area (Å²) in [7, 11) is 0. The predicted octanol–water partition coefficient (Wildman–Crippen LogP) is 5.79. The molecule has 0 bridgehead atoms. The van der Waals surface area contributed by atoms with Gasteiger partial charge in [0.15, 0.2) is 0 Å². The fourth-order valence-electron chi connectivity index (χ4n) is 6.04. The maximum absolute atomic E-state index is 13.4. The van der Waals surface area contributed by atoms with Gasteiger partial charge >= 0.3 is 18.1 Å². The Morgan fingerprint density at radius 2 is 1.07 bits per heavy atom. The number of carbonyl (C=O) groups excluding carboxylic acids is 2. The molecule has 2 saturated carbocycles. The first-order valence-electron chi connectivity index (χ1n) is 13.6. The second-order valence-corrected chi connectivity index (χ2v) is 10.8. The number of carboxylic acids is 2. The fourth-order valence-corrected chi connectivity index (χ4v) is 6.04. The highest BCUT2D eigenvalue weighted by molar-refractivity contribution is 6.23. The Kier molecular flexibility index (Phi) is 8.70. The Morgan fingerprint density at radius 1 is 0.700 bits per heavy atom. The number of rotatable bonds is 7. The molecule has 4 N–H and O–H groups in total. The summed E-state index contributed by atoms with van der Waals surface area (Å²) in [5, 5.41) is 25.1. The quantitative estimate of drug-likeness (QED) is 0.338. The van der Waals surface area contributed by atoms with Gasteiger partial charge in [0.2, 0.25) is 0 Å². The van der Waals surface area contributed by atoms with Gasteiger partial charge in [-0.2, -0.15) is 13.2 Å². The first-order valence-corrected chi connectivity index (χ1v) is 13.6. The lowest BCUT2D eigenvalue weighted by Gasteiger charge is -2.30. The maximum Gasteiger partial charge on any atom is 0.391 e. The van der Waals surface area contributed by atoms with Crippen molar-refractivity contribution in [2.45, 2.75) is 83.0 Å². The number of hydrogen-bond donors (Lipinski definition) is 4. The van der Waals surface area contributed by atoms with Gasteiger partial charge in [0.05, 0.1) is 17.0 Å². The predicted molar refractivity (Wildman–Crippen MR) is 141 cm³/mol. The molecule has 40 heavy (non-hydrogen) atoms. The Bertz CT molecular complexity index is 1310. The second-order valence-electron chi connectivity index (χ2n) is 10.8. The van der Waals surface area contributed by atoms with Gasteiger partial charge in [-0.15, -0.1) is 0 Å². The van der Waals surface area contributed by atoms with E-state index in [2.05, 4.69) is 17.6 Å². The third kappa shape index (κ3) is 6.23. The molecule has 2 fully saturated rings. The van der Waals surface area contributed by atoms with Crippen molar-refractivity contribution in [3.05, 3.63) is 46.5 Å². The number of alkyl halides is 3. The lowest BCUT2D eigenvalue weighted by Crippen LogP contribution is -2.40. The van der Waals surface area contributed by atoms with Crippen molar-refractivity contribution in [1.82, 2.24) is 10.6 Å². The van der Waals surface area contributed by atoms with E-state index in [1.807, 2.05) is 0 Å². The highest BCUT2D eigenvalue weighted by Gasteiger charge is 2.41. The number of carboxylic acid groups (broad SMARTS) is 2. The summed E-state index contributed by atoms with van der Waals surface area (Å²) in [6.07, 6.45) is 0.110. The summed E-state index contributed by atoms with van der Waals surface area (Å²) in [5.41, 5.74) is -0.909. The molecule has 0 aromatic heterocycles. The van der Waals surface area contributed by atoms with Gasteiger partial charge in [0.25, 0.3) is 11.8 Å². The smallest absolute Gasteiger partial charge is 0.391 e. The molecule has 2 aromatic carbocycles. The highest BCUT2D eigenvalue weighted by Crippen LogP contribution is 2.38. The number of fused-ring (bicyclic) bond motifs is 1. The van der Waals surface area contributed by atoms with Crippen molar-refractivity contribution < 1.29 is 42.6 Å². The largest absolute Gasteiger partial charge is 0.478 e. The van der Waals surface area contributed by atoms with Crippen LogP contribution >= 0.6 is 0 Å². The summed E-state index contributed by atoms with van der Waals surface area (Å²) >= 11 is 0. The molecule has 0 saturated heterocycles. The van der Waals surface area contributed by atoms with E-state index in [0.717, 1.165) is 38.2 Å². The van der Waals surface area contributed by atoms with Crippen LogP contribution in [0.4, 0.5) is 13.2 Å². The molecule has 0 heterocycles. The molecular weight excluding hydrogens is 529 g/mol. The van der Waals surface area contributed by atoms with Gasteiger partial charge < -0.3 is 20.8 Å². The van der Waals surface area contributed by atoms with E-state index in [0.29, 0.717) is 5.92 Å². The van der Waals surface area contributed by atoms with Crippen LogP contribution in [0.2, 0.25) is 0 Å². The molecule has 0 aliphatic heterocycles. The van der Waals surface area contributed by atoms with Gasteiger partial charge in [-0.25, -0.2) is 9.59 Å². The molecule has 0 unspecified atom stereocenters. The third-order valence-electron chi connectivity index (χ3n) is 8.40. The van der Waals surface area contributed by atoms with Crippen LogP contribution in [-0.2, 0) is 0 Å². The third-order valence-corrected chi connectivity index (χ3v) is 8.40. The van der Waals surface area contributed by atoms with E-state index < -0.39 is 41.9 Å². The molecule has 216 valence electrons. The Morgan fingerprint density at radius 3 is 1.43 bits per heavy atom. The zero-order valence-electron chi connectivity index (χ0n) is 22.1.